The first-order valence-corrected chi connectivity index (χ1v) is 36.6. The van der Waals surface area contributed by atoms with Gasteiger partial charge in [-0.05, 0) is 115 Å². The molecule has 23 aromatic rings. The van der Waals surface area contributed by atoms with E-state index >= 15 is 0 Å². The summed E-state index contributed by atoms with van der Waals surface area (Å²) in [5.41, 5.74) is 21.5. The largest absolute Gasteiger partial charge is 0.317 e. The molecule has 9 aromatic heterocycles. The molecule has 14 aromatic carbocycles. The molecule has 0 bridgehead atoms. The van der Waals surface area contributed by atoms with Crippen molar-refractivity contribution in [3.05, 3.63) is 360 Å². The lowest BCUT2D eigenvalue weighted by Crippen LogP contribution is -2.06. The fourth-order valence-corrected chi connectivity index (χ4v) is 17.2. The minimum absolute atomic E-state index is 0.589. The van der Waals surface area contributed by atoms with Gasteiger partial charge in [-0.3, -0.25) is 9.55 Å². The molecule has 0 radical (unpaired) electrons. The van der Waals surface area contributed by atoms with Gasteiger partial charge in [0.15, 0.2) is 11.6 Å². The molecule has 0 fully saturated rings. The molecule has 0 N–H and O–H groups in total. The average molecular weight is 1400 g/mol. The SMILES string of the molecule is C=Cn1c2ccccc2c2cc3c(cc21)c1ccccc1n3-c1cccnc1.C=Cn1c2ccccc2c2cc3c(cc21)c1ccccc1n3-c1nc(-c2ccccc2)nc(-c2ccccc2)n1.C=Cn1c2ccccc2c2ccc3c(c4ccccc4n3-c3ccc(-n4c5ccccc5c5ccccc54)cc3)c21. The van der Waals surface area contributed by atoms with E-state index in [1.165, 1.54) is 114 Å². The van der Waals surface area contributed by atoms with Crippen LogP contribution in [-0.4, -0.2) is 51.9 Å². The molecule has 23 rings (SSSR count). The van der Waals surface area contributed by atoms with Gasteiger partial charge < -0.3 is 27.4 Å². The molecule has 109 heavy (non-hydrogen) atoms. The Bertz CT molecular complexity index is 7540. The van der Waals surface area contributed by atoms with Gasteiger partial charge in [0, 0.05) is 123 Å². The molecular weight excluding hydrogens is 1330 g/mol. The zero-order valence-corrected chi connectivity index (χ0v) is 59.1. The zero-order valence-electron chi connectivity index (χ0n) is 59.1. The molecule has 9 heterocycles. The maximum atomic E-state index is 5.06. The van der Waals surface area contributed by atoms with Gasteiger partial charge in [0.1, 0.15) is 0 Å². The highest BCUT2D eigenvalue weighted by Crippen LogP contribution is 2.44. The summed E-state index contributed by atoms with van der Waals surface area (Å²) < 4.78 is 15.8. The summed E-state index contributed by atoms with van der Waals surface area (Å²) in [5, 5.41) is 17.1. The van der Waals surface area contributed by atoms with Crippen molar-refractivity contribution in [2.75, 3.05) is 0 Å². The van der Waals surface area contributed by atoms with Gasteiger partial charge in [0.25, 0.3) is 0 Å². The first-order chi connectivity index (χ1) is 54.0. The summed E-state index contributed by atoms with van der Waals surface area (Å²) >= 11 is 0. The van der Waals surface area contributed by atoms with E-state index in [1.54, 1.807) is 0 Å². The summed E-state index contributed by atoms with van der Waals surface area (Å²) in [6.07, 6.45) is 9.46. The van der Waals surface area contributed by atoms with Crippen LogP contribution in [0.25, 0.3) is 217 Å². The molecule has 0 aliphatic carbocycles. The first kappa shape index (κ1) is 62.6. The molecule has 0 amide bonds. The summed E-state index contributed by atoms with van der Waals surface area (Å²) in [5.74, 6) is 1.87. The second kappa shape index (κ2) is 25.2. The van der Waals surface area contributed by atoms with Gasteiger partial charge in [0.05, 0.1) is 89.1 Å². The van der Waals surface area contributed by atoms with Crippen LogP contribution in [-0.2, 0) is 0 Å². The van der Waals surface area contributed by atoms with Crippen molar-refractivity contribution in [1.29, 1.82) is 0 Å². The molecule has 0 unspecified atom stereocenters. The highest BCUT2D eigenvalue weighted by Gasteiger charge is 2.24. The Morgan fingerprint density at radius 2 is 0.569 bits per heavy atom. The van der Waals surface area contributed by atoms with Crippen LogP contribution in [0.3, 0.4) is 0 Å². The lowest BCUT2D eigenvalue weighted by Gasteiger charge is -2.12. The lowest BCUT2D eigenvalue weighted by molar-refractivity contribution is 0.954. The number of benzene rings is 14. The fourth-order valence-electron chi connectivity index (χ4n) is 17.2. The van der Waals surface area contributed by atoms with Gasteiger partial charge in [-0.1, -0.05) is 232 Å². The Kier molecular flexibility index (Phi) is 14.5. The van der Waals surface area contributed by atoms with Crippen molar-refractivity contribution in [2.24, 2.45) is 0 Å². The van der Waals surface area contributed by atoms with Crippen molar-refractivity contribution in [3.63, 3.8) is 0 Å². The Morgan fingerprint density at radius 3 is 1.02 bits per heavy atom. The number of para-hydroxylation sites is 8. The second-order valence-electron chi connectivity index (χ2n) is 27.5. The van der Waals surface area contributed by atoms with Crippen molar-refractivity contribution in [2.45, 2.75) is 0 Å². The Balaban J connectivity index is 0.000000106. The predicted molar refractivity (Wildman–Crippen MR) is 457 cm³/mol. The van der Waals surface area contributed by atoms with Gasteiger partial charge in [-0.2, -0.15) is 9.97 Å². The van der Waals surface area contributed by atoms with Crippen LogP contribution in [0.15, 0.2) is 360 Å². The topological polar surface area (TPSA) is 86.1 Å². The van der Waals surface area contributed by atoms with Crippen LogP contribution in [0.4, 0.5) is 0 Å². The minimum atomic E-state index is 0.589. The number of fused-ring (bicyclic) bond motifs is 22. The standard InChI is InChI=1S/C38H25N3.C35H23N5.C25H17N3/c1-2-39-32-15-7-3-13-29(32)30-23-24-36-37(38(30)39)31-14-6-10-18-35(31)41(36)26-21-19-25(20-22-26)40-33-16-8-4-11-27(33)28-12-5-9-17-34(28)40;1-2-39-29-19-11-9-17-25(29)27-22-32-28(21-31(27)39)26-18-10-12-20-30(26)40(32)35-37-33(23-13-5-3-6-14-23)36-34(38-35)24-15-7-4-8-16-24;1-2-27-22-11-5-3-9-18(22)20-15-25-21(14-24(20)27)19-10-4-6-12-23(19)28(25)17-8-7-13-26-16-17/h2-24H,1H2;2-22H,1H2;2-16H,1H2. The number of pyridine rings is 1. The molecule has 0 aliphatic heterocycles. The normalized spacial score (nSPS) is 11.8. The van der Waals surface area contributed by atoms with Crippen LogP contribution >= 0.6 is 0 Å². The fraction of sp³-hybridized carbons (Fsp3) is 0. The van der Waals surface area contributed by atoms with Crippen molar-refractivity contribution in [1.82, 2.24) is 51.9 Å². The molecule has 0 atom stereocenters. The number of hydrogen-bond donors (Lipinski definition) is 0. The number of nitrogens with zero attached hydrogens (tertiary/aromatic N) is 11. The first-order valence-electron chi connectivity index (χ1n) is 36.6. The number of hydrogen-bond acceptors (Lipinski definition) is 4. The third-order valence-electron chi connectivity index (χ3n) is 21.8. The molecule has 0 aliphatic rings. The molecule has 0 spiro atoms. The van der Waals surface area contributed by atoms with Gasteiger partial charge >= 0.3 is 0 Å². The molecule has 11 nitrogen and oxygen atoms in total. The lowest BCUT2D eigenvalue weighted by atomic mass is 10.1. The van der Waals surface area contributed by atoms with E-state index in [1.807, 2.05) is 97.7 Å². The maximum absolute atomic E-state index is 5.06. The Hall–Kier alpha value is -14.9. The van der Waals surface area contributed by atoms with Gasteiger partial charge in [-0.15, -0.1) is 0 Å². The predicted octanol–water partition coefficient (Wildman–Crippen LogP) is 25.0. The van der Waals surface area contributed by atoms with Crippen molar-refractivity contribution in [3.8, 4) is 45.8 Å². The van der Waals surface area contributed by atoms with E-state index in [0.717, 1.165) is 66.4 Å². The van der Waals surface area contributed by atoms with Crippen molar-refractivity contribution >= 4 is 171 Å². The van der Waals surface area contributed by atoms with E-state index in [2.05, 4.69) is 318 Å². The Labute approximate surface area is 624 Å². The van der Waals surface area contributed by atoms with E-state index in [-0.39, 0.29) is 0 Å². The van der Waals surface area contributed by atoms with Crippen molar-refractivity contribution < 1.29 is 0 Å². The third kappa shape index (κ3) is 9.70. The van der Waals surface area contributed by atoms with Crippen LogP contribution < -0.4 is 0 Å². The monoisotopic (exact) mass is 1400 g/mol. The number of aromatic nitrogens is 11. The van der Waals surface area contributed by atoms with E-state index < -0.39 is 0 Å². The highest BCUT2D eigenvalue weighted by molar-refractivity contribution is 6.27. The van der Waals surface area contributed by atoms with Crippen LogP contribution in [0.1, 0.15) is 0 Å². The Morgan fingerprint density at radius 1 is 0.229 bits per heavy atom. The third-order valence-corrected chi connectivity index (χ3v) is 21.8. The maximum Gasteiger partial charge on any atom is 0.238 e. The van der Waals surface area contributed by atoms with E-state index in [9.17, 15) is 0 Å². The molecular formula is C98H65N11. The van der Waals surface area contributed by atoms with Crippen LogP contribution in [0, 0.1) is 0 Å². The van der Waals surface area contributed by atoms with Gasteiger partial charge in [0.2, 0.25) is 5.95 Å². The van der Waals surface area contributed by atoms with E-state index in [0.29, 0.717) is 17.6 Å². The van der Waals surface area contributed by atoms with Crippen LogP contribution in [0.5, 0.6) is 0 Å². The van der Waals surface area contributed by atoms with E-state index in [4.69, 9.17) is 15.0 Å². The quantitative estimate of drug-likeness (QED) is 0.144. The van der Waals surface area contributed by atoms with Gasteiger partial charge in [-0.25, -0.2) is 4.98 Å². The second-order valence-corrected chi connectivity index (χ2v) is 27.5. The smallest absolute Gasteiger partial charge is 0.238 e. The zero-order chi connectivity index (χ0) is 72.4. The molecule has 11 heteroatoms. The molecule has 0 saturated carbocycles. The van der Waals surface area contributed by atoms with Crippen LogP contribution in [0.2, 0.25) is 0 Å². The highest BCUT2D eigenvalue weighted by atomic mass is 15.2. The number of rotatable bonds is 9. The summed E-state index contributed by atoms with van der Waals surface area (Å²) in [7, 11) is 0. The average Bonchev–Trinajstić information content (AvgIpc) is 1.57. The molecule has 0 saturated heterocycles. The molecule has 512 valence electrons. The minimum Gasteiger partial charge on any atom is -0.317 e. The summed E-state index contributed by atoms with van der Waals surface area (Å²) in [4.78, 5) is 19.4. The summed E-state index contributed by atoms with van der Waals surface area (Å²) in [6.45, 7) is 12.3. The summed E-state index contributed by atoms with van der Waals surface area (Å²) in [6, 6.07) is 116.